The number of aryl methyl sites for hydroxylation is 1. The van der Waals surface area contributed by atoms with Crippen LogP contribution in [-0.2, 0) is 4.79 Å². The predicted octanol–water partition coefficient (Wildman–Crippen LogP) is 3.04. The van der Waals surface area contributed by atoms with Crippen molar-refractivity contribution in [1.82, 2.24) is 4.98 Å². The fraction of sp³-hybridized carbons (Fsp3) is 0.0667. The summed E-state index contributed by atoms with van der Waals surface area (Å²) in [6, 6.07) is 13.4. The lowest BCUT2D eigenvalue weighted by Crippen LogP contribution is -2.08. The zero-order valence-electron chi connectivity index (χ0n) is 10.1. The second kappa shape index (κ2) is 5.77. The number of benzene rings is 1. The number of pyridine rings is 1. The molecule has 0 spiro atoms. The highest BCUT2D eigenvalue weighted by atomic mass is 16.1. The molecule has 2 aromatic rings. The zero-order chi connectivity index (χ0) is 12.8. The van der Waals surface area contributed by atoms with Gasteiger partial charge in [-0.05, 0) is 30.2 Å². The molecule has 0 fully saturated rings. The number of nitrogens with zero attached hydrogens (tertiary/aromatic N) is 1. The van der Waals surface area contributed by atoms with Gasteiger partial charge in [-0.1, -0.05) is 36.4 Å². The van der Waals surface area contributed by atoms with Crippen molar-refractivity contribution in [2.45, 2.75) is 6.92 Å². The van der Waals surface area contributed by atoms with E-state index in [2.05, 4.69) is 10.3 Å². The van der Waals surface area contributed by atoms with E-state index in [-0.39, 0.29) is 5.91 Å². The first kappa shape index (κ1) is 12.0. The highest BCUT2D eigenvalue weighted by Gasteiger charge is 1.98. The largest absolute Gasteiger partial charge is 0.307 e. The minimum atomic E-state index is -0.185. The number of amides is 1. The Bertz CT molecular complexity index is 544. The number of carbonyl (C=O) groups excluding carboxylic acids is 1. The van der Waals surface area contributed by atoms with Gasteiger partial charge in [-0.15, -0.1) is 0 Å². The summed E-state index contributed by atoms with van der Waals surface area (Å²) in [6.07, 6.45) is 4.98. The molecule has 0 unspecified atom stereocenters. The summed E-state index contributed by atoms with van der Waals surface area (Å²) in [6.45, 7) is 1.95. The molecule has 0 atom stereocenters. The number of nitrogens with one attached hydrogen (secondary N) is 1. The summed E-state index contributed by atoms with van der Waals surface area (Å²) >= 11 is 0. The molecule has 1 heterocycles. The van der Waals surface area contributed by atoms with Crippen molar-refractivity contribution in [2.24, 2.45) is 0 Å². The molecule has 0 radical (unpaired) electrons. The average molecular weight is 238 g/mol. The molecule has 3 heteroatoms. The van der Waals surface area contributed by atoms with Crippen molar-refractivity contribution < 1.29 is 4.79 Å². The van der Waals surface area contributed by atoms with Gasteiger partial charge in [0.1, 0.15) is 5.82 Å². The second-order valence-electron chi connectivity index (χ2n) is 3.95. The Labute approximate surface area is 106 Å². The van der Waals surface area contributed by atoms with Gasteiger partial charge in [0.05, 0.1) is 0 Å². The Morgan fingerprint density at radius 3 is 2.61 bits per heavy atom. The molecule has 2 rings (SSSR count). The third-order valence-corrected chi connectivity index (χ3v) is 2.39. The minimum Gasteiger partial charge on any atom is -0.307 e. The minimum absolute atomic E-state index is 0.185. The maximum absolute atomic E-state index is 11.6. The fourth-order valence-electron chi connectivity index (χ4n) is 1.45. The SMILES string of the molecule is Cc1ccc(NC(=O)C=Cc2ccccc2)nc1. The van der Waals surface area contributed by atoms with Gasteiger partial charge in [0.15, 0.2) is 0 Å². The lowest BCUT2D eigenvalue weighted by Gasteiger charge is -2.00. The van der Waals surface area contributed by atoms with Crippen LogP contribution >= 0.6 is 0 Å². The number of aromatic nitrogens is 1. The van der Waals surface area contributed by atoms with Gasteiger partial charge in [0, 0.05) is 12.3 Å². The number of hydrogen-bond donors (Lipinski definition) is 1. The van der Waals surface area contributed by atoms with E-state index in [9.17, 15) is 4.79 Å². The van der Waals surface area contributed by atoms with Gasteiger partial charge in [-0.2, -0.15) is 0 Å². The van der Waals surface area contributed by atoms with Crippen LogP contribution in [0.4, 0.5) is 5.82 Å². The number of hydrogen-bond acceptors (Lipinski definition) is 2. The van der Waals surface area contributed by atoms with Crippen LogP contribution in [0.25, 0.3) is 6.08 Å². The topological polar surface area (TPSA) is 42.0 Å². The maximum Gasteiger partial charge on any atom is 0.249 e. The monoisotopic (exact) mass is 238 g/mol. The molecule has 0 saturated heterocycles. The van der Waals surface area contributed by atoms with Crippen LogP contribution < -0.4 is 5.32 Å². The molecule has 0 aliphatic heterocycles. The molecule has 1 N–H and O–H groups in total. The Kier molecular flexibility index (Phi) is 3.86. The first-order valence-corrected chi connectivity index (χ1v) is 5.71. The van der Waals surface area contributed by atoms with E-state index in [0.717, 1.165) is 11.1 Å². The fourth-order valence-corrected chi connectivity index (χ4v) is 1.45. The van der Waals surface area contributed by atoms with Crippen LogP contribution in [0.2, 0.25) is 0 Å². The zero-order valence-corrected chi connectivity index (χ0v) is 10.1. The molecule has 0 bridgehead atoms. The summed E-state index contributed by atoms with van der Waals surface area (Å²) in [4.78, 5) is 15.7. The molecular formula is C15H14N2O. The number of carbonyl (C=O) groups is 1. The summed E-state index contributed by atoms with van der Waals surface area (Å²) in [5.41, 5.74) is 2.05. The Balaban J connectivity index is 1.97. The van der Waals surface area contributed by atoms with Crippen molar-refractivity contribution in [3.05, 3.63) is 65.9 Å². The van der Waals surface area contributed by atoms with Gasteiger partial charge in [0.2, 0.25) is 5.91 Å². The smallest absolute Gasteiger partial charge is 0.249 e. The summed E-state index contributed by atoms with van der Waals surface area (Å²) in [5.74, 6) is 0.374. The molecule has 18 heavy (non-hydrogen) atoms. The lowest BCUT2D eigenvalue weighted by atomic mass is 10.2. The molecule has 1 amide bonds. The Hall–Kier alpha value is -2.42. The third-order valence-electron chi connectivity index (χ3n) is 2.39. The molecule has 0 aliphatic carbocycles. The first-order chi connectivity index (χ1) is 8.74. The van der Waals surface area contributed by atoms with Crippen LogP contribution in [0, 0.1) is 6.92 Å². The van der Waals surface area contributed by atoms with E-state index >= 15 is 0 Å². The quantitative estimate of drug-likeness (QED) is 0.835. The van der Waals surface area contributed by atoms with E-state index < -0.39 is 0 Å². The van der Waals surface area contributed by atoms with Crippen molar-refractivity contribution in [1.29, 1.82) is 0 Å². The van der Waals surface area contributed by atoms with Gasteiger partial charge in [0.25, 0.3) is 0 Å². The molecule has 3 nitrogen and oxygen atoms in total. The van der Waals surface area contributed by atoms with Crippen LogP contribution in [-0.4, -0.2) is 10.9 Å². The Morgan fingerprint density at radius 1 is 1.17 bits per heavy atom. The van der Waals surface area contributed by atoms with E-state index in [4.69, 9.17) is 0 Å². The van der Waals surface area contributed by atoms with E-state index in [1.165, 1.54) is 6.08 Å². The summed E-state index contributed by atoms with van der Waals surface area (Å²) in [7, 11) is 0. The lowest BCUT2D eigenvalue weighted by molar-refractivity contribution is -0.111. The summed E-state index contributed by atoms with van der Waals surface area (Å²) < 4.78 is 0. The number of rotatable bonds is 3. The van der Waals surface area contributed by atoms with Gasteiger partial charge < -0.3 is 5.32 Å². The molecule has 1 aromatic heterocycles. The van der Waals surface area contributed by atoms with Crippen molar-refractivity contribution in [3.63, 3.8) is 0 Å². The highest BCUT2D eigenvalue weighted by Crippen LogP contribution is 2.05. The first-order valence-electron chi connectivity index (χ1n) is 5.71. The van der Waals surface area contributed by atoms with Crippen LogP contribution in [0.15, 0.2) is 54.7 Å². The van der Waals surface area contributed by atoms with Gasteiger partial charge >= 0.3 is 0 Å². The predicted molar refractivity (Wildman–Crippen MR) is 73.1 cm³/mol. The maximum atomic E-state index is 11.6. The molecule has 90 valence electrons. The van der Waals surface area contributed by atoms with E-state index in [1.54, 1.807) is 18.3 Å². The van der Waals surface area contributed by atoms with Crippen molar-refractivity contribution in [2.75, 3.05) is 5.32 Å². The average Bonchev–Trinajstić information content (AvgIpc) is 2.40. The molecule has 0 saturated carbocycles. The second-order valence-corrected chi connectivity index (χ2v) is 3.95. The van der Waals surface area contributed by atoms with Crippen molar-refractivity contribution in [3.8, 4) is 0 Å². The highest BCUT2D eigenvalue weighted by molar-refractivity contribution is 6.01. The van der Waals surface area contributed by atoms with E-state index in [0.29, 0.717) is 5.82 Å². The number of anilines is 1. The van der Waals surface area contributed by atoms with Crippen LogP contribution in [0.3, 0.4) is 0 Å². The molecule has 1 aromatic carbocycles. The Morgan fingerprint density at radius 2 is 1.94 bits per heavy atom. The standard InChI is InChI=1S/C15H14N2O/c1-12-7-9-14(16-11-12)17-15(18)10-8-13-5-3-2-4-6-13/h2-11H,1H3,(H,16,17,18). The van der Waals surface area contributed by atoms with Crippen molar-refractivity contribution >= 4 is 17.8 Å². The summed E-state index contributed by atoms with van der Waals surface area (Å²) in [5, 5.41) is 2.70. The van der Waals surface area contributed by atoms with Crippen LogP contribution in [0.1, 0.15) is 11.1 Å². The van der Waals surface area contributed by atoms with Crippen LogP contribution in [0.5, 0.6) is 0 Å². The van der Waals surface area contributed by atoms with Gasteiger partial charge in [-0.25, -0.2) is 4.98 Å². The molecular weight excluding hydrogens is 224 g/mol. The van der Waals surface area contributed by atoms with E-state index in [1.807, 2.05) is 43.3 Å². The normalized spacial score (nSPS) is 10.5. The van der Waals surface area contributed by atoms with Gasteiger partial charge in [-0.3, -0.25) is 4.79 Å². The third kappa shape index (κ3) is 3.56. The molecule has 0 aliphatic rings.